The van der Waals surface area contributed by atoms with Crippen LogP contribution in [0.25, 0.3) is 10.1 Å². The van der Waals surface area contributed by atoms with E-state index in [0.717, 1.165) is 10.1 Å². The lowest BCUT2D eigenvalue weighted by Gasteiger charge is -2.01. The number of rotatable bonds is 1. The van der Waals surface area contributed by atoms with Crippen LogP contribution in [0.15, 0.2) is 23.3 Å². The molecule has 68 valence electrons. The highest BCUT2D eigenvalue weighted by Crippen LogP contribution is 2.17. The molecule has 0 bridgehead atoms. The van der Waals surface area contributed by atoms with Crippen LogP contribution in [0, 0.1) is 0 Å². The predicted octanol–water partition coefficient (Wildman–Crippen LogP) is 2.04. The Morgan fingerprint density at radius 3 is 2.92 bits per heavy atom. The molecular weight excluding hydrogens is 184 g/mol. The normalized spacial score (nSPS) is 11.3. The average molecular weight is 194 g/mol. The average Bonchev–Trinajstić information content (AvgIpc) is 2.45. The topological polar surface area (TPSA) is 34.9 Å². The monoisotopic (exact) mass is 194 g/mol. The van der Waals surface area contributed by atoms with Crippen LogP contribution < -0.4 is 5.56 Å². The molecule has 4 heteroatoms. The molecule has 2 heterocycles. The Morgan fingerprint density at radius 2 is 2.31 bits per heavy atom. The first-order valence-electron chi connectivity index (χ1n) is 4.15. The number of nitrogens with zero attached hydrogens (tertiary/aromatic N) is 2. The molecule has 0 spiro atoms. The highest BCUT2D eigenvalue weighted by Gasteiger charge is 2.08. The Kier molecular flexibility index (Phi) is 1.92. The lowest BCUT2D eigenvalue weighted by atomic mass is 10.3. The summed E-state index contributed by atoms with van der Waals surface area (Å²) in [5.74, 6) is 0. The van der Waals surface area contributed by atoms with Crippen LogP contribution in [0.1, 0.15) is 19.9 Å². The van der Waals surface area contributed by atoms with Crippen molar-refractivity contribution in [3.63, 3.8) is 0 Å². The van der Waals surface area contributed by atoms with Gasteiger partial charge in [0.15, 0.2) is 0 Å². The standard InChI is InChI=1S/C9H10N2OS/c1-6(2)11-9(12)7-5-10-4-3-8(7)13-11/h3-6H,1-2H3. The van der Waals surface area contributed by atoms with E-state index in [4.69, 9.17) is 0 Å². The second-order valence-corrected chi connectivity index (χ2v) is 4.20. The molecule has 0 amide bonds. The van der Waals surface area contributed by atoms with Gasteiger partial charge in [-0.15, -0.1) is 0 Å². The fraction of sp³-hybridized carbons (Fsp3) is 0.333. The maximum absolute atomic E-state index is 11.7. The van der Waals surface area contributed by atoms with Crippen molar-refractivity contribution in [3.8, 4) is 0 Å². The highest BCUT2D eigenvalue weighted by molar-refractivity contribution is 7.13. The molecule has 0 aromatic carbocycles. The van der Waals surface area contributed by atoms with Gasteiger partial charge in [-0.2, -0.15) is 0 Å². The third-order valence-electron chi connectivity index (χ3n) is 1.88. The quantitative estimate of drug-likeness (QED) is 0.696. The van der Waals surface area contributed by atoms with Gasteiger partial charge in [-0.25, -0.2) is 0 Å². The van der Waals surface area contributed by atoms with Gasteiger partial charge in [0.2, 0.25) is 0 Å². The molecule has 0 aliphatic carbocycles. The van der Waals surface area contributed by atoms with Crippen LogP contribution in [0.3, 0.4) is 0 Å². The van der Waals surface area contributed by atoms with E-state index in [1.807, 2.05) is 19.9 Å². The number of pyridine rings is 1. The molecule has 0 fully saturated rings. The third kappa shape index (κ3) is 1.27. The number of aromatic nitrogens is 2. The Hall–Kier alpha value is -1.16. The molecule has 0 aliphatic rings. The minimum Gasteiger partial charge on any atom is -0.268 e. The maximum Gasteiger partial charge on any atom is 0.270 e. The Bertz CT molecular complexity index is 484. The molecule has 2 rings (SSSR count). The van der Waals surface area contributed by atoms with Gasteiger partial charge >= 0.3 is 0 Å². The Balaban J connectivity index is 2.82. The van der Waals surface area contributed by atoms with E-state index in [1.165, 1.54) is 11.5 Å². The molecule has 2 aromatic rings. The molecule has 0 saturated carbocycles. The van der Waals surface area contributed by atoms with Gasteiger partial charge in [0.1, 0.15) is 0 Å². The largest absolute Gasteiger partial charge is 0.270 e. The lowest BCUT2D eigenvalue weighted by molar-refractivity contribution is 0.636. The van der Waals surface area contributed by atoms with E-state index in [0.29, 0.717) is 0 Å². The Labute approximate surface area is 79.8 Å². The summed E-state index contributed by atoms with van der Waals surface area (Å²) in [5, 5.41) is 0.723. The fourth-order valence-electron chi connectivity index (χ4n) is 1.23. The van der Waals surface area contributed by atoms with Crippen molar-refractivity contribution in [1.29, 1.82) is 0 Å². The van der Waals surface area contributed by atoms with E-state index in [1.54, 1.807) is 16.4 Å². The lowest BCUT2D eigenvalue weighted by Crippen LogP contribution is -2.14. The zero-order chi connectivity index (χ0) is 9.42. The third-order valence-corrected chi connectivity index (χ3v) is 3.21. The van der Waals surface area contributed by atoms with E-state index in [-0.39, 0.29) is 11.6 Å². The summed E-state index contributed by atoms with van der Waals surface area (Å²) in [4.78, 5) is 15.6. The summed E-state index contributed by atoms with van der Waals surface area (Å²) in [6.45, 7) is 4.01. The van der Waals surface area contributed by atoms with Crippen molar-refractivity contribution in [2.24, 2.45) is 0 Å². The van der Waals surface area contributed by atoms with E-state index in [9.17, 15) is 4.79 Å². The first-order valence-corrected chi connectivity index (χ1v) is 4.93. The molecule has 2 aromatic heterocycles. The second-order valence-electron chi connectivity index (χ2n) is 3.19. The summed E-state index contributed by atoms with van der Waals surface area (Å²) in [6.07, 6.45) is 3.34. The first-order chi connectivity index (χ1) is 6.20. The summed E-state index contributed by atoms with van der Waals surface area (Å²) >= 11 is 1.50. The van der Waals surface area contributed by atoms with Gasteiger partial charge in [0.05, 0.1) is 10.1 Å². The van der Waals surface area contributed by atoms with Crippen LogP contribution in [0.4, 0.5) is 0 Å². The van der Waals surface area contributed by atoms with E-state index < -0.39 is 0 Å². The molecule has 0 atom stereocenters. The van der Waals surface area contributed by atoms with E-state index >= 15 is 0 Å². The van der Waals surface area contributed by atoms with Gasteiger partial charge in [0.25, 0.3) is 5.56 Å². The minimum atomic E-state index is 0.0723. The Morgan fingerprint density at radius 1 is 1.54 bits per heavy atom. The number of hydrogen-bond donors (Lipinski definition) is 0. The van der Waals surface area contributed by atoms with Crippen LogP contribution >= 0.6 is 11.5 Å². The SMILES string of the molecule is CC(C)n1sc2ccncc2c1=O. The van der Waals surface area contributed by atoms with Gasteiger partial charge < -0.3 is 0 Å². The minimum absolute atomic E-state index is 0.0723. The highest BCUT2D eigenvalue weighted by atomic mass is 32.1. The number of fused-ring (bicyclic) bond motifs is 1. The van der Waals surface area contributed by atoms with Gasteiger partial charge in [-0.1, -0.05) is 11.5 Å². The predicted molar refractivity (Wildman–Crippen MR) is 54.3 cm³/mol. The van der Waals surface area contributed by atoms with Crippen molar-refractivity contribution in [1.82, 2.24) is 8.94 Å². The maximum atomic E-state index is 11.7. The van der Waals surface area contributed by atoms with Crippen molar-refractivity contribution in [2.45, 2.75) is 19.9 Å². The van der Waals surface area contributed by atoms with Crippen LogP contribution in [0.2, 0.25) is 0 Å². The number of hydrogen-bond acceptors (Lipinski definition) is 3. The van der Waals surface area contributed by atoms with Crippen LogP contribution in [-0.4, -0.2) is 8.94 Å². The molecule has 0 saturated heterocycles. The molecule has 0 N–H and O–H groups in total. The smallest absolute Gasteiger partial charge is 0.268 e. The van der Waals surface area contributed by atoms with Crippen molar-refractivity contribution in [2.75, 3.05) is 0 Å². The summed E-state index contributed by atoms with van der Waals surface area (Å²) < 4.78 is 2.78. The molecule has 3 nitrogen and oxygen atoms in total. The van der Waals surface area contributed by atoms with Gasteiger partial charge in [0, 0.05) is 18.4 Å². The van der Waals surface area contributed by atoms with Gasteiger partial charge in [-0.3, -0.25) is 13.7 Å². The molecule has 0 aliphatic heterocycles. The summed E-state index contributed by atoms with van der Waals surface area (Å²) in [5.41, 5.74) is 0.0723. The molecular formula is C9H10N2OS. The molecule has 0 unspecified atom stereocenters. The van der Waals surface area contributed by atoms with Crippen molar-refractivity contribution >= 4 is 21.6 Å². The van der Waals surface area contributed by atoms with E-state index in [2.05, 4.69) is 4.98 Å². The van der Waals surface area contributed by atoms with Gasteiger partial charge in [-0.05, 0) is 19.9 Å². The van der Waals surface area contributed by atoms with Crippen LogP contribution in [0.5, 0.6) is 0 Å². The second kappa shape index (κ2) is 2.96. The zero-order valence-electron chi connectivity index (χ0n) is 7.52. The van der Waals surface area contributed by atoms with Crippen molar-refractivity contribution < 1.29 is 0 Å². The van der Waals surface area contributed by atoms with Crippen LogP contribution in [-0.2, 0) is 0 Å². The molecule has 13 heavy (non-hydrogen) atoms. The zero-order valence-corrected chi connectivity index (χ0v) is 8.34. The summed E-state index contributed by atoms with van der Waals surface area (Å²) in [7, 11) is 0. The van der Waals surface area contributed by atoms with Crippen molar-refractivity contribution in [3.05, 3.63) is 28.8 Å². The summed E-state index contributed by atoms with van der Waals surface area (Å²) in [6, 6.07) is 2.10. The fourth-order valence-corrected chi connectivity index (χ4v) is 2.19. The molecule has 0 radical (unpaired) electrons. The first kappa shape index (κ1) is 8.44.